The van der Waals surface area contributed by atoms with Gasteiger partial charge in [0.2, 0.25) is 0 Å². The van der Waals surface area contributed by atoms with E-state index >= 15 is 0 Å². The molecule has 1 aromatic carbocycles. The van der Waals surface area contributed by atoms with Crippen LogP contribution in [-0.2, 0) is 16.1 Å². The Bertz CT molecular complexity index is 1350. The SMILES string of the molecule is Cc1c(C#N)c(NC(=O)COC(=O)c2ccc(N3CCCC3)c([N+](=O)[O-])c2)n(Cc2ccco2)c1C. The number of nitrogens with one attached hydrogen (secondary N) is 1. The number of hydrogen-bond acceptors (Lipinski definition) is 8. The van der Waals surface area contributed by atoms with Gasteiger partial charge in [0.25, 0.3) is 11.6 Å². The molecule has 11 nitrogen and oxygen atoms in total. The Morgan fingerprint density at radius 1 is 1.25 bits per heavy atom. The number of ether oxygens (including phenoxy) is 1. The van der Waals surface area contributed by atoms with Crippen molar-refractivity contribution in [3.63, 3.8) is 0 Å². The van der Waals surface area contributed by atoms with Crippen LogP contribution >= 0.6 is 0 Å². The zero-order chi connectivity index (χ0) is 25.8. The fraction of sp³-hybridized carbons (Fsp3) is 0.320. The van der Waals surface area contributed by atoms with Crippen LogP contribution in [0.1, 0.15) is 45.8 Å². The van der Waals surface area contributed by atoms with Gasteiger partial charge in [0.15, 0.2) is 6.61 Å². The maximum Gasteiger partial charge on any atom is 0.338 e. The van der Waals surface area contributed by atoms with Crippen LogP contribution in [-0.4, -0.2) is 41.1 Å². The summed E-state index contributed by atoms with van der Waals surface area (Å²) in [6.45, 7) is 4.71. The molecule has 0 radical (unpaired) electrons. The van der Waals surface area contributed by atoms with Gasteiger partial charge in [-0.05, 0) is 56.5 Å². The third-order valence-electron chi connectivity index (χ3n) is 6.28. The first-order chi connectivity index (χ1) is 17.3. The summed E-state index contributed by atoms with van der Waals surface area (Å²) in [5.41, 5.74) is 2.03. The van der Waals surface area contributed by atoms with Gasteiger partial charge in [-0.2, -0.15) is 5.26 Å². The van der Waals surface area contributed by atoms with Crippen LogP contribution < -0.4 is 10.2 Å². The molecule has 4 rings (SSSR count). The van der Waals surface area contributed by atoms with E-state index in [1.54, 1.807) is 23.6 Å². The number of benzene rings is 1. The molecule has 0 aliphatic carbocycles. The number of aromatic nitrogens is 1. The standard InChI is InChI=1S/C25H25N5O6/c1-16-17(2)29(14-19-6-5-11-35-19)24(20(16)13-26)27-23(31)15-36-25(32)18-7-8-21(22(12-18)30(33)34)28-9-3-4-10-28/h5-8,11-12H,3-4,9-10,14-15H2,1-2H3,(H,27,31). The van der Waals surface area contributed by atoms with Gasteiger partial charge < -0.3 is 23.9 Å². The molecule has 1 fully saturated rings. The number of hydrogen-bond donors (Lipinski definition) is 1. The first kappa shape index (κ1) is 24.5. The second kappa shape index (κ2) is 10.4. The van der Waals surface area contributed by atoms with Gasteiger partial charge in [0.1, 0.15) is 23.3 Å². The maximum absolute atomic E-state index is 12.6. The van der Waals surface area contributed by atoms with Crippen molar-refractivity contribution in [1.29, 1.82) is 5.26 Å². The number of amides is 1. The van der Waals surface area contributed by atoms with Crippen molar-refractivity contribution in [2.45, 2.75) is 33.2 Å². The summed E-state index contributed by atoms with van der Waals surface area (Å²) in [7, 11) is 0. The highest BCUT2D eigenvalue weighted by Crippen LogP contribution is 2.32. The van der Waals surface area contributed by atoms with Gasteiger partial charge in [-0.1, -0.05) is 0 Å². The predicted molar refractivity (Wildman–Crippen MR) is 130 cm³/mol. The molecule has 3 heterocycles. The highest BCUT2D eigenvalue weighted by molar-refractivity contribution is 5.96. The Morgan fingerprint density at radius 2 is 2.00 bits per heavy atom. The van der Waals surface area contributed by atoms with E-state index in [0.717, 1.165) is 31.6 Å². The summed E-state index contributed by atoms with van der Waals surface area (Å²) in [5, 5.41) is 23.9. The van der Waals surface area contributed by atoms with E-state index in [4.69, 9.17) is 9.15 Å². The molecular formula is C25H25N5O6. The Kier molecular flexibility index (Phi) is 7.05. The number of nitro groups is 1. The lowest BCUT2D eigenvalue weighted by Gasteiger charge is -2.17. The average molecular weight is 492 g/mol. The molecule has 1 aliphatic rings. The quantitative estimate of drug-likeness (QED) is 0.284. The maximum atomic E-state index is 12.6. The number of nitriles is 1. The smallest absolute Gasteiger partial charge is 0.338 e. The minimum absolute atomic E-state index is 0.0250. The number of rotatable bonds is 8. The number of carbonyl (C=O) groups is 2. The lowest BCUT2D eigenvalue weighted by atomic mass is 10.1. The van der Waals surface area contributed by atoms with Crippen LogP contribution in [0.3, 0.4) is 0 Å². The molecule has 11 heteroatoms. The zero-order valence-electron chi connectivity index (χ0n) is 19.9. The summed E-state index contributed by atoms with van der Waals surface area (Å²) < 4.78 is 12.3. The molecule has 0 saturated carbocycles. The van der Waals surface area contributed by atoms with E-state index < -0.39 is 23.4 Å². The van der Waals surface area contributed by atoms with Crippen molar-refractivity contribution in [3.8, 4) is 6.07 Å². The number of nitro benzene ring substituents is 1. The Hall–Kier alpha value is -4.59. The van der Waals surface area contributed by atoms with E-state index in [0.29, 0.717) is 29.1 Å². The van der Waals surface area contributed by atoms with Crippen LogP contribution in [0.15, 0.2) is 41.0 Å². The van der Waals surface area contributed by atoms with Crippen molar-refractivity contribution >= 4 is 29.1 Å². The number of furan rings is 1. The first-order valence-electron chi connectivity index (χ1n) is 11.4. The van der Waals surface area contributed by atoms with E-state index in [1.807, 2.05) is 11.8 Å². The van der Waals surface area contributed by atoms with Crippen LogP contribution in [0.25, 0.3) is 0 Å². The zero-order valence-corrected chi connectivity index (χ0v) is 19.9. The number of esters is 1. The highest BCUT2D eigenvalue weighted by Gasteiger charge is 2.25. The molecule has 1 N–H and O–H groups in total. The van der Waals surface area contributed by atoms with E-state index in [-0.39, 0.29) is 17.1 Å². The molecular weight excluding hydrogens is 466 g/mol. The van der Waals surface area contributed by atoms with Crippen molar-refractivity contribution < 1.29 is 23.7 Å². The summed E-state index contributed by atoms with van der Waals surface area (Å²) in [4.78, 5) is 38.2. The van der Waals surface area contributed by atoms with Gasteiger partial charge in [-0.3, -0.25) is 14.9 Å². The molecule has 0 spiro atoms. The minimum Gasteiger partial charge on any atom is -0.467 e. The van der Waals surface area contributed by atoms with Crippen molar-refractivity contribution in [2.24, 2.45) is 0 Å². The number of carbonyl (C=O) groups excluding carboxylic acids is 2. The predicted octanol–water partition coefficient (Wildman–Crippen LogP) is 3.92. The van der Waals surface area contributed by atoms with Gasteiger partial charge >= 0.3 is 5.97 Å². The molecule has 1 saturated heterocycles. The molecule has 0 atom stereocenters. The van der Waals surface area contributed by atoms with Crippen molar-refractivity contribution in [1.82, 2.24) is 4.57 Å². The summed E-state index contributed by atoms with van der Waals surface area (Å²) in [6.07, 6.45) is 3.44. The monoisotopic (exact) mass is 491 g/mol. The molecule has 1 aliphatic heterocycles. The second-order valence-electron chi connectivity index (χ2n) is 8.49. The Morgan fingerprint density at radius 3 is 2.64 bits per heavy atom. The molecule has 186 valence electrons. The first-order valence-corrected chi connectivity index (χ1v) is 11.4. The van der Waals surface area contributed by atoms with Gasteiger partial charge in [0, 0.05) is 24.8 Å². The van der Waals surface area contributed by atoms with Gasteiger partial charge in [-0.25, -0.2) is 4.79 Å². The summed E-state index contributed by atoms with van der Waals surface area (Å²) >= 11 is 0. The fourth-order valence-electron chi connectivity index (χ4n) is 4.29. The molecule has 2 aromatic heterocycles. The third-order valence-corrected chi connectivity index (χ3v) is 6.28. The lowest BCUT2D eigenvalue weighted by molar-refractivity contribution is -0.384. The third kappa shape index (κ3) is 4.93. The summed E-state index contributed by atoms with van der Waals surface area (Å²) in [6, 6.07) is 9.78. The fourth-order valence-corrected chi connectivity index (χ4v) is 4.29. The van der Waals surface area contributed by atoms with E-state index in [2.05, 4.69) is 11.4 Å². The van der Waals surface area contributed by atoms with Crippen LogP contribution in [0.4, 0.5) is 17.2 Å². The topological polar surface area (TPSA) is 144 Å². The number of nitrogens with zero attached hydrogens (tertiary/aromatic N) is 4. The Labute approximate surface area is 207 Å². The van der Waals surface area contributed by atoms with Gasteiger partial charge in [0.05, 0.1) is 28.9 Å². The average Bonchev–Trinajstić information content (AvgIpc) is 3.62. The van der Waals surface area contributed by atoms with E-state index in [1.165, 1.54) is 24.5 Å². The van der Waals surface area contributed by atoms with Crippen molar-refractivity contribution in [2.75, 3.05) is 29.9 Å². The molecule has 0 unspecified atom stereocenters. The number of anilines is 2. The largest absolute Gasteiger partial charge is 0.467 e. The highest BCUT2D eigenvalue weighted by atomic mass is 16.6. The van der Waals surface area contributed by atoms with Crippen LogP contribution in [0, 0.1) is 35.3 Å². The molecule has 0 bridgehead atoms. The van der Waals surface area contributed by atoms with E-state index in [9.17, 15) is 25.0 Å². The van der Waals surface area contributed by atoms with Crippen LogP contribution in [0.5, 0.6) is 0 Å². The summed E-state index contributed by atoms with van der Waals surface area (Å²) in [5.74, 6) is -0.602. The lowest BCUT2D eigenvalue weighted by Crippen LogP contribution is -2.23. The normalized spacial score (nSPS) is 12.9. The van der Waals surface area contributed by atoms with Crippen molar-refractivity contribution in [3.05, 3.63) is 74.9 Å². The Balaban J connectivity index is 1.47. The molecule has 36 heavy (non-hydrogen) atoms. The minimum atomic E-state index is -0.861. The second-order valence-corrected chi connectivity index (χ2v) is 8.49. The molecule has 3 aromatic rings. The molecule has 1 amide bonds. The van der Waals surface area contributed by atoms with Gasteiger partial charge in [-0.15, -0.1) is 0 Å². The van der Waals surface area contributed by atoms with Crippen LogP contribution in [0.2, 0.25) is 0 Å².